The molecule has 1 unspecified atom stereocenters. The molecule has 1 aliphatic heterocycles. The Labute approximate surface area is 164 Å². The van der Waals surface area contributed by atoms with Gasteiger partial charge in [-0.2, -0.15) is 0 Å². The first-order chi connectivity index (χ1) is 13.4. The topological polar surface area (TPSA) is 111 Å². The smallest absolute Gasteiger partial charge is 0.317 e. The van der Waals surface area contributed by atoms with Crippen molar-refractivity contribution >= 4 is 23.6 Å². The molecule has 1 aromatic rings. The summed E-state index contributed by atoms with van der Waals surface area (Å²) < 4.78 is 0. The summed E-state index contributed by atoms with van der Waals surface area (Å²) in [5, 5.41) is 17.7. The van der Waals surface area contributed by atoms with Gasteiger partial charge in [0.1, 0.15) is 0 Å². The quantitative estimate of drug-likeness (QED) is 0.570. The fraction of sp³-hybridized carbons (Fsp3) is 0.550. The molecule has 0 spiro atoms. The molecule has 1 saturated carbocycles. The summed E-state index contributed by atoms with van der Waals surface area (Å²) in [7, 11) is 0. The van der Waals surface area contributed by atoms with E-state index in [1.54, 1.807) is 0 Å². The van der Waals surface area contributed by atoms with E-state index >= 15 is 0 Å². The van der Waals surface area contributed by atoms with Gasteiger partial charge < -0.3 is 21.1 Å². The summed E-state index contributed by atoms with van der Waals surface area (Å²) in [5.74, 6) is -0.788. The zero-order chi connectivity index (χ0) is 20.3. The molecule has 0 bridgehead atoms. The van der Waals surface area contributed by atoms with Crippen LogP contribution in [-0.4, -0.2) is 53.1 Å². The Morgan fingerprint density at radius 2 is 2.07 bits per heavy atom. The number of carbonyl (C=O) groups is 3. The van der Waals surface area contributed by atoms with Crippen LogP contribution in [0.1, 0.15) is 50.3 Å². The van der Waals surface area contributed by atoms with Crippen LogP contribution in [0.5, 0.6) is 0 Å². The number of carboxylic acid groups (broad SMARTS) is 1. The van der Waals surface area contributed by atoms with Crippen LogP contribution in [0.4, 0.5) is 10.5 Å². The van der Waals surface area contributed by atoms with E-state index in [0.29, 0.717) is 19.4 Å². The van der Waals surface area contributed by atoms with Gasteiger partial charge in [0.2, 0.25) is 5.91 Å². The predicted molar refractivity (Wildman–Crippen MR) is 105 cm³/mol. The molecule has 1 aromatic carbocycles. The number of hydrogen-bond donors (Lipinski definition) is 4. The summed E-state index contributed by atoms with van der Waals surface area (Å²) >= 11 is 0. The molecule has 8 heteroatoms. The van der Waals surface area contributed by atoms with E-state index in [9.17, 15) is 14.4 Å². The highest BCUT2D eigenvalue weighted by Gasteiger charge is 2.34. The summed E-state index contributed by atoms with van der Waals surface area (Å²) in [6, 6.07) is 5.74. The molecule has 1 aliphatic carbocycles. The molecule has 1 fully saturated rings. The standard InChI is InChI=1S/C20H28N4O4/c1-3-24(11-19(26)27)16-9-15(10-16)22-20(28)21-12(2)13-4-6-17-14(8-13)5-7-18(25)23-17/h4,6,8,12,15-16H,3,5,7,9-11H2,1-2H3,(H,23,25)(H,26,27)(H2,21,22,28). The summed E-state index contributed by atoms with van der Waals surface area (Å²) in [5.41, 5.74) is 2.93. The second-order valence-corrected chi connectivity index (χ2v) is 7.58. The van der Waals surface area contributed by atoms with Gasteiger partial charge in [-0.05, 0) is 49.9 Å². The summed E-state index contributed by atoms with van der Waals surface area (Å²) in [4.78, 5) is 36.6. The first-order valence-electron chi connectivity index (χ1n) is 9.81. The highest BCUT2D eigenvalue weighted by Crippen LogP contribution is 2.27. The molecule has 3 amide bonds. The van der Waals surface area contributed by atoms with Crippen LogP contribution in [-0.2, 0) is 16.0 Å². The lowest BCUT2D eigenvalue weighted by Crippen LogP contribution is -2.56. The van der Waals surface area contributed by atoms with E-state index in [2.05, 4.69) is 16.0 Å². The van der Waals surface area contributed by atoms with Crippen LogP contribution >= 0.6 is 0 Å². The number of carbonyl (C=O) groups excluding carboxylic acids is 2. The van der Waals surface area contributed by atoms with Crippen molar-refractivity contribution in [2.75, 3.05) is 18.4 Å². The summed E-state index contributed by atoms with van der Waals surface area (Å²) in [6.45, 7) is 4.60. The van der Waals surface area contributed by atoms with Gasteiger partial charge >= 0.3 is 12.0 Å². The van der Waals surface area contributed by atoms with Crippen molar-refractivity contribution in [3.8, 4) is 0 Å². The number of likely N-dealkylation sites (N-methyl/N-ethyl adjacent to an activating group) is 1. The molecule has 4 N–H and O–H groups in total. The van der Waals surface area contributed by atoms with Crippen LogP contribution in [0.25, 0.3) is 0 Å². The maximum absolute atomic E-state index is 12.3. The van der Waals surface area contributed by atoms with Crippen molar-refractivity contribution in [1.82, 2.24) is 15.5 Å². The number of aryl methyl sites for hydroxylation is 1. The van der Waals surface area contributed by atoms with Crippen molar-refractivity contribution in [3.63, 3.8) is 0 Å². The van der Waals surface area contributed by atoms with Gasteiger partial charge in [-0.15, -0.1) is 0 Å². The average molecular weight is 388 g/mol. The van der Waals surface area contributed by atoms with Crippen LogP contribution < -0.4 is 16.0 Å². The van der Waals surface area contributed by atoms with Gasteiger partial charge in [-0.25, -0.2) is 4.79 Å². The number of urea groups is 1. The zero-order valence-corrected chi connectivity index (χ0v) is 16.3. The number of fused-ring (bicyclic) bond motifs is 1. The Morgan fingerprint density at radius 3 is 2.75 bits per heavy atom. The molecule has 0 radical (unpaired) electrons. The molecule has 2 aliphatic rings. The molecule has 28 heavy (non-hydrogen) atoms. The lowest BCUT2D eigenvalue weighted by Gasteiger charge is -2.42. The Hall–Kier alpha value is -2.61. The molecule has 152 valence electrons. The molecule has 8 nitrogen and oxygen atoms in total. The van der Waals surface area contributed by atoms with Crippen molar-refractivity contribution in [2.45, 2.75) is 57.7 Å². The monoisotopic (exact) mass is 388 g/mol. The van der Waals surface area contributed by atoms with E-state index in [0.717, 1.165) is 29.7 Å². The third kappa shape index (κ3) is 4.81. The Bertz CT molecular complexity index is 761. The largest absolute Gasteiger partial charge is 0.480 e. The SMILES string of the molecule is CCN(CC(=O)O)C1CC(NC(=O)NC(C)c2ccc3c(c2)CCC(=O)N3)C1. The van der Waals surface area contributed by atoms with Gasteiger partial charge in [0, 0.05) is 24.2 Å². The van der Waals surface area contributed by atoms with Crippen LogP contribution in [0.15, 0.2) is 18.2 Å². The number of carboxylic acids is 1. The van der Waals surface area contributed by atoms with E-state index < -0.39 is 5.97 Å². The Balaban J connectivity index is 1.47. The van der Waals surface area contributed by atoms with Crippen LogP contribution in [0.3, 0.4) is 0 Å². The van der Waals surface area contributed by atoms with Crippen molar-refractivity contribution in [1.29, 1.82) is 0 Å². The molecule has 0 saturated heterocycles. The fourth-order valence-electron chi connectivity index (χ4n) is 3.86. The second kappa shape index (κ2) is 8.60. The highest BCUT2D eigenvalue weighted by molar-refractivity contribution is 5.93. The normalized spacial score (nSPS) is 21.9. The first-order valence-corrected chi connectivity index (χ1v) is 9.81. The predicted octanol–water partition coefficient (Wildman–Crippen LogP) is 1.87. The average Bonchev–Trinajstić information content (AvgIpc) is 2.62. The zero-order valence-electron chi connectivity index (χ0n) is 16.3. The van der Waals surface area contributed by atoms with Crippen LogP contribution in [0, 0.1) is 0 Å². The highest BCUT2D eigenvalue weighted by atomic mass is 16.4. The third-order valence-corrected chi connectivity index (χ3v) is 5.58. The summed E-state index contributed by atoms with van der Waals surface area (Å²) in [6.07, 6.45) is 2.73. The van der Waals surface area contributed by atoms with E-state index in [4.69, 9.17) is 5.11 Å². The molecule has 3 rings (SSSR count). The molecular weight excluding hydrogens is 360 g/mol. The van der Waals surface area contributed by atoms with E-state index in [-0.39, 0.29) is 36.6 Å². The van der Waals surface area contributed by atoms with Crippen molar-refractivity contribution in [2.24, 2.45) is 0 Å². The lowest BCUT2D eigenvalue weighted by molar-refractivity contribution is -0.139. The maximum atomic E-state index is 12.3. The molecule has 1 atom stereocenters. The van der Waals surface area contributed by atoms with Gasteiger partial charge in [0.25, 0.3) is 0 Å². The molecular formula is C20H28N4O4. The van der Waals surface area contributed by atoms with Crippen molar-refractivity contribution < 1.29 is 19.5 Å². The number of anilines is 1. The van der Waals surface area contributed by atoms with Gasteiger partial charge in [-0.1, -0.05) is 19.1 Å². The number of nitrogens with one attached hydrogen (secondary N) is 3. The Morgan fingerprint density at radius 1 is 1.32 bits per heavy atom. The Kier molecular flexibility index (Phi) is 6.18. The number of benzene rings is 1. The minimum Gasteiger partial charge on any atom is -0.480 e. The fourth-order valence-corrected chi connectivity index (χ4v) is 3.86. The van der Waals surface area contributed by atoms with Gasteiger partial charge in [0.05, 0.1) is 12.6 Å². The van der Waals surface area contributed by atoms with E-state index in [1.165, 1.54) is 0 Å². The number of nitrogens with zero attached hydrogens (tertiary/aromatic N) is 1. The molecule has 0 aromatic heterocycles. The lowest BCUT2D eigenvalue weighted by atomic mass is 9.85. The van der Waals surface area contributed by atoms with Gasteiger partial charge in [0.15, 0.2) is 0 Å². The third-order valence-electron chi connectivity index (χ3n) is 5.58. The first kappa shape index (κ1) is 20.1. The minimum atomic E-state index is -0.825. The van der Waals surface area contributed by atoms with E-state index in [1.807, 2.05) is 36.9 Å². The maximum Gasteiger partial charge on any atom is 0.317 e. The van der Waals surface area contributed by atoms with Gasteiger partial charge in [-0.3, -0.25) is 14.5 Å². The number of hydrogen-bond acceptors (Lipinski definition) is 4. The number of rotatable bonds is 7. The molecule has 1 heterocycles. The second-order valence-electron chi connectivity index (χ2n) is 7.58. The number of amides is 3. The number of aliphatic carboxylic acids is 1. The van der Waals surface area contributed by atoms with Crippen LogP contribution in [0.2, 0.25) is 0 Å². The minimum absolute atomic E-state index is 0.0367. The van der Waals surface area contributed by atoms with Crippen molar-refractivity contribution in [3.05, 3.63) is 29.3 Å².